The van der Waals surface area contributed by atoms with Crippen LogP contribution in [-0.2, 0) is 0 Å². The van der Waals surface area contributed by atoms with E-state index in [1.165, 1.54) is 5.56 Å². The lowest BCUT2D eigenvalue weighted by Crippen LogP contribution is -1.94. The summed E-state index contributed by atoms with van der Waals surface area (Å²) >= 11 is 3.39. The van der Waals surface area contributed by atoms with Crippen LogP contribution in [0.4, 0.5) is 0 Å². The van der Waals surface area contributed by atoms with Gasteiger partial charge in [0.15, 0.2) is 5.78 Å². The zero-order valence-electron chi connectivity index (χ0n) is 11.2. The third kappa shape index (κ3) is 3.24. The average molecular weight is 319 g/mol. The number of benzene rings is 2. The van der Waals surface area contributed by atoms with Crippen molar-refractivity contribution in [1.29, 1.82) is 0 Å². The van der Waals surface area contributed by atoms with Gasteiger partial charge in [0.05, 0.1) is 0 Å². The van der Waals surface area contributed by atoms with Crippen LogP contribution in [-0.4, -0.2) is 5.78 Å². The first kappa shape index (κ1) is 13.8. The Morgan fingerprint density at radius 2 is 1.84 bits per heavy atom. The van der Waals surface area contributed by atoms with Crippen LogP contribution in [0.1, 0.15) is 28.4 Å². The SMILES string of the molecule is CC(=O)c1ccc(Oc2ccc(C)cc2C)cc1Br. The quantitative estimate of drug-likeness (QED) is 0.739. The summed E-state index contributed by atoms with van der Waals surface area (Å²) in [5, 5.41) is 0. The highest BCUT2D eigenvalue weighted by Gasteiger charge is 2.08. The van der Waals surface area contributed by atoms with E-state index >= 15 is 0 Å². The van der Waals surface area contributed by atoms with E-state index in [2.05, 4.69) is 28.9 Å². The maximum Gasteiger partial charge on any atom is 0.160 e. The predicted molar refractivity (Wildman–Crippen MR) is 80.1 cm³/mol. The van der Waals surface area contributed by atoms with Crippen molar-refractivity contribution in [3.63, 3.8) is 0 Å². The normalized spacial score (nSPS) is 10.3. The Morgan fingerprint density at radius 1 is 1.11 bits per heavy atom. The number of hydrogen-bond acceptors (Lipinski definition) is 2. The first-order chi connectivity index (χ1) is 8.97. The predicted octanol–water partition coefficient (Wildman–Crippen LogP) is 5.06. The summed E-state index contributed by atoms with van der Waals surface area (Å²) in [4.78, 5) is 11.4. The van der Waals surface area contributed by atoms with Gasteiger partial charge in [-0.1, -0.05) is 17.7 Å². The van der Waals surface area contributed by atoms with Gasteiger partial charge in [-0.15, -0.1) is 0 Å². The minimum atomic E-state index is 0.0324. The molecule has 0 saturated heterocycles. The lowest BCUT2D eigenvalue weighted by atomic mass is 10.1. The molecule has 0 aliphatic heterocycles. The Hall–Kier alpha value is -1.61. The van der Waals surface area contributed by atoms with E-state index in [4.69, 9.17) is 4.74 Å². The van der Waals surface area contributed by atoms with Crippen molar-refractivity contribution in [2.45, 2.75) is 20.8 Å². The second-order valence-electron chi connectivity index (χ2n) is 4.57. The first-order valence-electron chi connectivity index (χ1n) is 6.03. The van der Waals surface area contributed by atoms with E-state index in [0.29, 0.717) is 11.3 Å². The number of ether oxygens (including phenoxy) is 1. The Morgan fingerprint density at radius 3 is 2.42 bits per heavy atom. The molecule has 0 aliphatic carbocycles. The molecule has 0 atom stereocenters. The molecule has 2 aromatic rings. The summed E-state index contributed by atoms with van der Waals surface area (Å²) in [6, 6.07) is 11.4. The van der Waals surface area contributed by atoms with Crippen LogP contribution in [0.5, 0.6) is 11.5 Å². The molecule has 0 aromatic heterocycles. The molecule has 0 amide bonds. The van der Waals surface area contributed by atoms with Gasteiger partial charge in [0.1, 0.15) is 11.5 Å². The molecule has 0 fully saturated rings. The summed E-state index contributed by atoms with van der Waals surface area (Å²) in [6.07, 6.45) is 0. The van der Waals surface area contributed by atoms with Crippen molar-refractivity contribution >= 4 is 21.7 Å². The first-order valence-corrected chi connectivity index (χ1v) is 6.82. The molecule has 19 heavy (non-hydrogen) atoms. The molecule has 0 heterocycles. The van der Waals surface area contributed by atoms with Gasteiger partial charge in [-0.05, 0) is 66.5 Å². The van der Waals surface area contributed by atoms with Crippen molar-refractivity contribution in [2.75, 3.05) is 0 Å². The lowest BCUT2D eigenvalue weighted by Gasteiger charge is -2.10. The molecule has 2 nitrogen and oxygen atoms in total. The number of halogens is 1. The molecule has 2 aromatic carbocycles. The fraction of sp³-hybridized carbons (Fsp3) is 0.188. The van der Waals surface area contributed by atoms with E-state index in [9.17, 15) is 4.79 Å². The van der Waals surface area contributed by atoms with Gasteiger partial charge in [0.25, 0.3) is 0 Å². The third-order valence-electron chi connectivity index (χ3n) is 2.88. The van der Waals surface area contributed by atoms with E-state index in [1.807, 2.05) is 25.1 Å². The highest BCUT2D eigenvalue weighted by atomic mass is 79.9. The summed E-state index contributed by atoms with van der Waals surface area (Å²) in [6.45, 7) is 5.61. The van der Waals surface area contributed by atoms with Gasteiger partial charge in [-0.3, -0.25) is 4.79 Å². The van der Waals surface area contributed by atoms with Crippen LogP contribution in [0, 0.1) is 13.8 Å². The van der Waals surface area contributed by atoms with Gasteiger partial charge in [-0.25, -0.2) is 0 Å². The van der Waals surface area contributed by atoms with E-state index in [0.717, 1.165) is 15.8 Å². The number of ketones is 1. The minimum Gasteiger partial charge on any atom is -0.457 e. The number of carbonyl (C=O) groups excluding carboxylic acids is 1. The summed E-state index contributed by atoms with van der Waals surface area (Å²) < 4.78 is 6.59. The second-order valence-corrected chi connectivity index (χ2v) is 5.42. The topological polar surface area (TPSA) is 26.3 Å². The Bertz CT molecular complexity index is 633. The largest absolute Gasteiger partial charge is 0.457 e. The zero-order chi connectivity index (χ0) is 14.0. The molecule has 0 saturated carbocycles. The van der Waals surface area contributed by atoms with E-state index < -0.39 is 0 Å². The Labute approximate surface area is 121 Å². The molecule has 98 valence electrons. The van der Waals surface area contributed by atoms with Gasteiger partial charge in [-0.2, -0.15) is 0 Å². The van der Waals surface area contributed by atoms with Crippen LogP contribution in [0.15, 0.2) is 40.9 Å². The number of carbonyl (C=O) groups is 1. The smallest absolute Gasteiger partial charge is 0.160 e. The number of Topliss-reactive ketones (excluding diaryl/α,β-unsaturated/α-hetero) is 1. The van der Waals surface area contributed by atoms with Crippen LogP contribution in [0.25, 0.3) is 0 Å². The van der Waals surface area contributed by atoms with Crippen molar-refractivity contribution in [3.05, 3.63) is 57.6 Å². The lowest BCUT2D eigenvalue weighted by molar-refractivity contribution is 0.101. The fourth-order valence-electron chi connectivity index (χ4n) is 1.89. The van der Waals surface area contributed by atoms with Crippen LogP contribution in [0.3, 0.4) is 0 Å². The zero-order valence-corrected chi connectivity index (χ0v) is 12.7. The number of rotatable bonds is 3. The minimum absolute atomic E-state index is 0.0324. The second kappa shape index (κ2) is 5.57. The van der Waals surface area contributed by atoms with Crippen molar-refractivity contribution in [2.24, 2.45) is 0 Å². The van der Waals surface area contributed by atoms with Gasteiger partial charge >= 0.3 is 0 Å². The third-order valence-corrected chi connectivity index (χ3v) is 3.53. The molecule has 0 spiro atoms. The van der Waals surface area contributed by atoms with Gasteiger partial charge in [0, 0.05) is 10.0 Å². The van der Waals surface area contributed by atoms with Crippen molar-refractivity contribution in [3.8, 4) is 11.5 Å². The molecule has 0 N–H and O–H groups in total. The molecule has 3 heteroatoms. The molecule has 2 rings (SSSR count). The van der Waals surface area contributed by atoms with Crippen LogP contribution in [0.2, 0.25) is 0 Å². The van der Waals surface area contributed by atoms with Crippen LogP contribution >= 0.6 is 15.9 Å². The average Bonchev–Trinajstić information content (AvgIpc) is 2.32. The van der Waals surface area contributed by atoms with E-state index in [1.54, 1.807) is 19.1 Å². The number of hydrogen-bond donors (Lipinski definition) is 0. The summed E-state index contributed by atoms with van der Waals surface area (Å²) in [5.74, 6) is 1.57. The molecule has 0 bridgehead atoms. The standard InChI is InChI=1S/C16H15BrO2/c1-10-4-7-16(11(2)8-10)19-13-5-6-14(12(3)18)15(17)9-13/h4-9H,1-3H3. The molecule has 0 radical (unpaired) electrons. The Kier molecular flexibility index (Phi) is 4.05. The van der Waals surface area contributed by atoms with Crippen LogP contribution < -0.4 is 4.74 Å². The summed E-state index contributed by atoms with van der Waals surface area (Å²) in [7, 11) is 0. The highest BCUT2D eigenvalue weighted by Crippen LogP contribution is 2.29. The monoisotopic (exact) mass is 318 g/mol. The molecule has 0 unspecified atom stereocenters. The van der Waals surface area contributed by atoms with Crippen molar-refractivity contribution in [1.82, 2.24) is 0 Å². The van der Waals surface area contributed by atoms with Gasteiger partial charge < -0.3 is 4.74 Å². The van der Waals surface area contributed by atoms with Crippen molar-refractivity contribution < 1.29 is 9.53 Å². The van der Waals surface area contributed by atoms with Gasteiger partial charge in [0.2, 0.25) is 0 Å². The molecular formula is C16H15BrO2. The maximum atomic E-state index is 11.4. The van der Waals surface area contributed by atoms with E-state index in [-0.39, 0.29) is 5.78 Å². The molecule has 0 aliphatic rings. The summed E-state index contributed by atoms with van der Waals surface area (Å²) in [5.41, 5.74) is 2.96. The Balaban J connectivity index is 2.29. The number of aryl methyl sites for hydroxylation is 2. The molecular weight excluding hydrogens is 304 g/mol. The fourth-order valence-corrected chi connectivity index (χ4v) is 2.52. The maximum absolute atomic E-state index is 11.4. The highest BCUT2D eigenvalue weighted by molar-refractivity contribution is 9.10.